The fraction of sp³-hybridized carbons (Fsp3) is 0.263. The molecule has 1 aliphatic carbocycles. The van der Waals surface area contributed by atoms with E-state index in [2.05, 4.69) is 15.0 Å². The molecule has 142 valence electrons. The number of carbonyl (C=O) groups excluding carboxylic acids is 1. The number of halogens is 4. The van der Waals surface area contributed by atoms with Gasteiger partial charge in [-0.1, -0.05) is 6.07 Å². The molecule has 0 spiro atoms. The van der Waals surface area contributed by atoms with E-state index in [1.54, 1.807) is 19.1 Å². The van der Waals surface area contributed by atoms with Gasteiger partial charge in [-0.15, -0.1) is 0 Å². The molecule has 0 unspecified atom stereocenters. The van der Waals surface area contributed by atoms with Crippen molar-refractivity contribution in [3.63, 3.8) is 0 Å². The Balaban J connectivity index is 1.59. The van der Waals surface area contributed by atoms with Gasteiger partial charge in [0.25, 0.3) is 0 Å². The van der Waals surface area contributed by atoms with Crippen molar-refractivity contribution in [2.75, 3.05) is 6.61 Å². The lowest BCUT2D eigenvalue weighted by molar-refractivity contribution is -0.153. The Morgan fingerprint density at radius 1 is 1.30 bits per heavy atom. The lowest BCUT2D eigenvalue weighted by Gasteiger charge is -2.15. The smallest absolute Gasteiger partial charge is 0.422 e. The van der Waals surface area contributed by atoms with Gasteiger partial charge in [-0.05, 0) is 48.4 Å². The quantitative estimate of drug-likeness (QED) is 0.799. The predicted octanol–water partition coefficient (Wildman–Crippen LogP) is 3.98. The van der Waals surface area contributed by atoms with Gasteiger partial charge in [0.05, 0.1) is 17.9 Å². The van der Waals surface area contributed by atoms with Crippen LogP contribution in [0.25, 0.3) is 6.08 Å². The average molecular weight is 380 g/mol. The number of amides is 1. The normalized spacial score (nSPS) is 14.3. The molecule has 1 atom stereocenters. The van der Waals surface area contributed by atoms with Gasteiger partial charge in [-0.2, -0.15) is 13.2 Å². The third-order valence-corrected chi connectivity index (χ3v) is 4.06. The number of benzene rings is 1. The van der Waals surface area contributed by atoms with Crippen LogP contribution in [0.4, 0.5) is 17.6 Å². The summed E-state index contributed by atoms with van der Waals surface area (Å²) < 4.78 is 54.3. The lowest BCUT2D eigenvalue weighted by atomic mass is 10.1. The third kappa shape index (κ3) is 4.84. The molecule has 1 amide bonds. The first-order valence-corrected chi connectivity index (χ1v) is 8.16. The molecule has 1 aromatic carbocycles. The van der Waals surface area contributed by atoms with Crippen LogP contribution in [-0.4, -0.2) is 23.7 Å². The molecule has 2 aromatic rings. The Labute approximate surface area is 152 Å². The number of nitrogens with one attached hydrogen (secondary N) is 1. The van der Waals surface area contributed by atoms with E-state index >= 15 is 0 Å². The van der Waals surface area contributed by atoms with Crippen molar-refractivity contribution in [2.45, 2.75) is 25.6 Å². The van der Waals surface area contributed by atoms with E-state index in [-0.39, 0.29) is 17.5 Å². The van der Waals surface area contributed by atoms with Gasteiger partial charge in [0.2, 0.25) is 5.91 Å². The summed E-state index contributed by atoms with van der Waals surface area (Å²) >= 11 is 0. The molecule has 0 bridgehead atoms. The van der Waals surface area contributed by atoms with Crippen molar-refractivity contribution in [3.05, 3.63) is 64.7 Å². The number of carbonyl (C=O) groups is 1. The molecule has 3 rings (SSSR count). The second-order valence-corrected chi connectivity index (χ2v) is 6.21. The van der Waals surface area contributed by atoms with Gasteiger partial charge < -0.3 is 10.1 Å². The Morgan fingerprint density at radius 2 is 2.07 bits per heavy atom. The summed E-state index contributed by atoms with van der Waals surface area (Å²) in [5.41, 5.74) is 2.54. The molecule has 8 heteroatoms. The highest BCUT2D eigenvalue weighted by atomic mass is 19.4. The van der Waals surface area contributed by atoms with Crippen molar-refractivity contribution < 1.29 is 27.1 Å². The number of pyridine rings is 1. The number of fused-ring (bicyclic) bond motifs is 1. The van der Waals surface area contributed by atoms with Crippen molar-refractivity contribution in [2.24, 2.45) is 0 Å². The first-order chi connectivity index (χ1) is 12.7. The molecule has 1 heterocycles. The van der Waals surface area contributed by atoms with E-state index < -0.39 is 18.8 Å². The van der Waals surface area contributed by atoms with Crippen LogP contribution in [0.1, 0.15) is 29.8 Å². The van der Waals surface area contributed by atoms with Gasteiger partial charge >= 0.3 is 6.18 Å². The number of ether oxygens (including phenoxy) is 1. The first kappa shape index (κ1) is 18.9. The molecule has 0 aliphatic heterocycles. The largest absolute Gasteiger partial charge is 0.483 e. The maximum absolute atomic E-state index is 13.3. The number of hydrogen-bond acceptors (Lipinski definition) is 3. The maximum Gasteiger partial charge on any atom is 0.422 e. The van der Waals surface area contributed by atoms with Crippen LogP contribution in [0.3, 0.4) is 0 Å². The SMILES string of the molecule is C[C@@H](NC(=O)C1=Cc2ccc(F)cc2C1)c1ccc(OCC(F)(F)F)cn1. The average Bonchev–Trinajstić information content (AvgIpc) is 3.03. The van der Waals surface area contributed by atoms with Crippen molar-refractivity contribution >= 4 is 12.0 Å². The van der Waals surface area contributed by atoms with E-state index in [4.69, 9.17) is 0 Å². The highest BCUT2D eigenvalue weighted by Crippen LogP contribution is 2.26. The number of hydrogen-bond donors (Lipinski definition) is 1. The second kappa shape index (κ2) is 7.38. The number of alkyl halides is 3. The minimum absolute atomic E-state index is 0.00872. The molecule has 4 nitrogen and oxygen atoms in total. The molecule has 1 aromatic heterocycles. The minimum atomic E-state index is -4.42. The first-order valence-electron chi connectivity index (χ1n) is 8.16. The summed E-state index contributed by atoms with van der Waals surface area (Å²) in [6, 6.07) is 6.75. The molecule has 0 fully saturated rings. The monoisotopic (exact) mass is 380 g/mol. The molecular weight excluding hydrogens is 364 g/mol. The van der Waals surface area contributed by atoms with Gasteiger partial charge in [0, 0.05) is 12.0 Å². The van der Waals surface area contributed by atoms with Gasteiger partial charge in [-0.25, -0.2) is 4.39 Å². The Hall–Kier alpha value is -2.90. The zero-order chi connectivity index (χ0) is 19.6. The van der Waals surface area contributed by atoms with Crippen molar-refractivity contribution in [3.8, 4) is 5.75 Å². The Kier molecular flexibility index (Phi) is 5.16. The van der Waals surface area contributed by atoms with Crippen LogP contribution < -0.4 is 10.1 Å². The third-order valence-electron chi connectivity index (χ3n) is 4.06. The van der Waals surface area contributed by atoms with Crippen molar-refractivity contribution in [1.82, 2.24) is 10.3 Å². The number of rotatable bonds is 5. The van der Waals surface area contributed by atoms with Crippen LogP contribution in [0.2, 0.25) is 0 Å². The zero-order valence-electron chi connectivity index (χ0n) is 14.3. The Bertz CT molecular complexity index is 876. The molecular formula is C19H16F4N2O2. The summed E-state index contributed by atoms with van der Waals surface area (Å²) in [6.07, 6.45) is -1.20. The molecule has 1 N–H and O–H groups in total. The summed E-state index contributed by atoms with van der Waals surface area (Å²) in [4.78, 5) is 16.4. The highest BCUT2D eigenvalue weighted by molar-refractivity contribution is 6.00. The fourth-order valence-corrected chi connectivity index (χ4v) is 2.72. The van der Waals surface area contributed by atoms with Crippen molar-refractivity contribution in [1.29, 1.82) is 0 Å². The molecule has 0 radical (unpaired) electrons. The fourth-order valence-electron chi connectivity index (χ4n) is 2.72. The highest BCUT2D eigenvalue weighted by Gasteiger charge is 2.28. The summed E-state index contributed by atoms with van der Waals surface area (Å²) in [6.45, 7) is 0.314. The Morgan fingerprint density at radius 3 is 2.74 bits per heavy atom. The minimum Gasteiger partial charge on any atom is -0.483 e. The van der Waals surface area contributed by atoms with E-state index in [1.807, 2.05) is 0 Å². The van der Waals surface area contributed by atoms with E-state index in [9.17, 15) is 22.4 Å². The number of nitrogens with zero attached hydrogens (tertiary/aromatic N) is 1. The predicted molar refractivity (Wildman–Crippen MR) is 90.4 cm³/mol. The molecule has 0 saturated carbocycles. The topological polar surface area (TPSA) is 51.2 Å². The molecule has 0 saturated heterocycles. The van der Waals surface area contributed by atoms with Crippen LogP contribution >= 0.6 is 0 Å². The maximum atomic E-state index is 13.3. The molecule has 27 heavy (non-hydrogen) atoms. The second-order valence-electron chi connectivity index (χ2n) is 6.21. The van der Waals surface area contributed by atoms with Gasteiger partial charge in [0.15, 0.2) is 6.61 Å². The lowest BCUT2D eigenvalue weighted by Crippen LogP contribution is -2.28. The van der Waals surface area contributed by atoms with E-state index in [0.29, 0.717) is 17.7 Å². The van der Waals surface area contributed by atoms with E-state index in [1.165, 1.54) is 30.5 Å². The summed E-state index contributed by atoms with van der Waals surface area (Å²) in [5.74, 6) is -0.668. The van der Waals surface area contributed by atoms with Gasteiger partial charge in [0.1, 0.15) is 11.6 Å². The summed E-state index contributed by atoms with van der Waals surface area (Å²) in [5, 5.41) is 2.78. The summed E-state index contributed by atoms with van der Waals surface area (Å²) in [7, 11) is 0. The zero-order valence-corrected chi connectivity index (χ0v) is 14.3. The van der Waals surface area contributed by atoms with Crippen LogP contribution in [0, 0.1) is 5.82 Å². The van der Waals surface area contributed by atoms with Crippen LogP contribution in [0.5, 0.6) is 5.75 Å². The van der Waals surface area contributed by atoms with Crippen LogP contribution in [-0.2, 0) is 11.2 Å². The van der Waals surface area contributed by atoms with Crippen LogP contribution in [0.15, 0.2) is 42.1 Å². The van der Waals surface area contributed by atoms with Gasteiger partial charge in [-0.3, -0.25) is 9.78 Å². The standard InChI is InChI=1S/C19H16F4N2O2/c1-11(17-5-4-16(9-24-17)27-10-19(21,22)23)25-18(26)14-6-12-2-3-15(20)8-13(12)7-14/h2-6,8-9,11H,7,10H2,1H3,(H,25,26)/t11-/m1/s1. The number of aromatic nitrogens is 1. The molecule has 1 aliphatic rings. The van der Waals surface area contributed by atoms with E-state index in [0.717, 1.165) is 11.1 Å².